The predicted octanol–water partition coefficient (Wildman–Crippen LogP) is 3.65. The van der Waals surface area contributed by atoms with E-state index in [2.05, 4.69) is 81.4 Å². The fourth-order valence-corrected chi connectivity index (χ4v) is 9.88. The third-order valence-electron chi connectivity index (χ3n) is 6.72. The third kappa shape index (κ3) is 4.81. The van der Waals surface area contributed by atoms with Crippen LogP contribution >= 0.6 is 0 Å². The molecule has 4 rings (SSSR count). The van der Waals surface area contributed by atoms with Crippen LogP contribution in [0.25, 0.3) is 0 Å². The minimum absolute atomic E-state index is 0.0221. The van der Waals surface area contributed by atoms with E-state index in [1.54, 1.807) is 0 Å². The highest BCUT2D eigenvalue weighted by molar-refractivity contribution is 6.99. The average molecular weight is 441 g/mol. The Kier molecular flexibility index (Phi) is 6.99. The zero-order valence-electron chi connectivity index (χ0n) is 19.0. The minimum atomic E-state index is -2.61. The van der Waals surface area contributed by atoms with E-state index in [9.17, 15) is 5.11 Å². The first-order valence-corrected chi connectivity index (χ1v) is 13.5. The second kappa shape index (κ2) is 9.55. The first-order valence-electron chi connectivity index (χ1n) is 11.6. The Labute approximate surface area is 187 Å². The van der Waals surface area contributed by atoms with Crippen LogP contribution in [0.4, 0.5) is 0 Å². The van der Waals surface area contributed by atoms with E-state index >= 15 is 0 Å². The van der Waals surface area contributed by atoms with Crippen molar-refractivity contribution >= 4 is 18.7 Å². The Morgan fingerprint density at radius 3 is 1.90 bits per heavy atom. The van der Waals surface area contributed by atoms with Crippen LogP contribution in [0.2, 0.25) is 5.04 Å². The van der Waals surface area contributed by atoms with E-state index < -0.39 is 14.4 Å². The second-order valence-corrected chi connectivity index (χ2v) is 14.2. The molecule has 3 atom stereocenters. The summed E-state index contributed by atoms with van der Waals surface area (Å²) in [5, 5.41) is 13.3. The molecule has 2 aliphatic rings. The summed E-state index contributed by atoms with van der Waals surface area (Å²) in [5.74, 6) is 0. The van der Waals surface area contributed by atoms with Crippen LogP contribution in [-0.2, 0) is 13.9 Å². The van der Waals surface area contributed by atoms with Crippen molar-refractivity contribution in [3.63, 3.8) is 0 Å². The van der Waals surface area contributed by atoms with Crippen LogP contribution in [0.15, 0.2) is 60.7 Å². The van der Waals surface area contributed by atoms with Gasteiger partial charge in [-0.05, 0) is 28.3 Å². The molecule has 1 saturated heterocycles. The van der Waals surface area contributed by atoms with E-state index in [1.165, 1.54) is 10.4 Å². The normalized spacial score (nSPS) is 25.6. The summed E-state index contributed by atoms with van der Waals surface area (Å²) in [6.07, 6.45) is 2.69. The maximum atomic E-state index is 10.8. The molecule has 168 valence electrons. The van der Waals surface area contributed by atoms with E-state index in [4.69, 9.17) is 13.9 Å². The highest BCUT2D eigenvalue weighted by Gasteiger charge is 2.53. The molecule has 1 aliphatic heterocycles. The molecule has 2 fully saturated rings. The van der Waals surface area contributed by atoms with Crippen molar-refractivity contribution in [2.45, 2.75) is 75.9 Å². The van der Waals surface area contributed by atoms with Gasteiger partial charge in [-0.1, -0.05) is 81.4 Å². The minimum Gasteiger partial charge on any atom is -0.404 e. The van der Waals surface area contributed by atoms with E-state index in [0.29, 0.717) is 6.42 Å². The fraction of sp³-hybridized carbons (Fsp3) is 0.538. The van der Waals surface area contributed by atoms with Crippen LogP contribution in [0, 0.1) is 0 Å². The second-order valence-electron chi connectivity index (χ2n) is 9.93. The Morgan fingerprint density at radius 2 is 1.39 bits per heavy atom. The van der Waals surface area contributed by atoms with E-state index in [1.807, 2.05) is 0 Å². The van der Waals surface area contributed by atoms with Crippen molar-refractivity contribution in [2.75, 3.05) is 13.2 Å². The molecular weight excluding hydrogens is 404 g/mol. The molecule has 1 saturated carbocycles. The fourth-order valence-electron chi connectivity index (χ4n) is 5.18. The summed E-state index contributed by atoms with van der Waals surface area (Å²) >= 11 is 0. The molecule has 5 heteroatoms. The van der Waals surface area contributed by atoms with Gasteiger partial charge in [0.25, 0.3) is 8.32 Å². The molecule has 4 nitrogen and oxygen atoms in total. The lowest BCUT2D eigenvalue weighted by atomic mass is 10.1. The van der Waals surface area contributed by atoms with Gasteiger partial charge in [0.1, 0.15) is 0 Å². The summed E-state index contributed by atoms with van der Waals surface area (Å²) in [5.41, 5.74) is 0. The standard InChI is InChI=1S/C26H36O4Si/c1-26(2,3)31(22-10-6-4-7-11-22,23-12-8-5-9-13-23)30-21-18-24(27)25(19-21)29-20-14-16-28-17-15-20/h4-13,20-21,24-25,27H,14-19H2,1-3H3/t21-,24-,25+/m1/s1. The Hall–Kier alpha value is -1.50. The number of rotatable bonds is 6. The lowest BCUT2D eigenvalue weighted by Crippen LogP contribution is -2.67. The smallest absolute Gasteiger partial charge is 0.261 e. The number of aliphatic hydroxyl groups is 1. The van der Waals surface area contributed by atoms with Gasteiger partial charge in [0.2, 0.25) is 0 Å². The highest BCUT2D eigenvalue weighted by atomic mass is 28.4. The number of hydrogen-bond donors (Lipinski definition) is 1. The summed E-state index contributed by atoms with van der Waals surface area (Å²) in [4.78, 5) is 0. The third-order valence-corrected chi connectivity index (χ3v) is 11.8. The SMILES string of the molecule is CC(C)(C)[Si](O[C@@H]1C[C@@H](O)[C@@H](OC2CCOCC2)C1)(c1ccccc1)c1ccccc1. The van der Waals surface area contributed by atoms with Gasteiger partial charge in [-0.25, -0.2) is 0 Å². The van der Waals surface area contributed by atoms with Gasteiger partial charge in [-0.2, -0.15) is 0 Å². The quantitative estimate of drug-likeness (QED) is 0.697. The van der Waals surface area contributed by atoms with Crippen molar-refractivity contribution in [3.05, 3.63) is 60.7 Å². The molecule has 1 aliphatic carbocycles. The van der Waals surface area contributed by atoms with Gasteiger partial charge in [-0.3, -0.25) is 0 Å². The van der Waals surface area contributed by atoms with Crippen molar-refractivity contribution in [3.8, 4) is 0 Å². The highest BCUT2D eigenvalue weighted by Crippen LogP contribution is 2.40. The van der Waals surface area contributed by atoms with Crippen LogP contribution in [0.3, 0.4) is 0 Å². The van der Waals surface area contributed by atoms with Crippen molar-refractivity contribution in [1.82, 2.24) is 0 Å². The first-order chi connectivity index (χ1) is 14.9. The molecule has 1 heterocycles. The lowest BCUT2D eigenvalue weighted by Gasteiger charge is -2.44. The topological polar surface area (TPSA) is 47.9 Å². The van der Waals surface area contributed by atoms with Crippen LogP contribution in [-0.4, -0.2) is 51.1 Å². The molecule has 2 aromatic rings. The van der Waals surface area contributed by atoms with Gasteiger partial charge in [0.15, 0.2) is 0 Å². The zero-order chi connectivity index (χ0) is 21.9. The molecule has 2 aromatic carbocycles. The summed E-state index contributed by atoms with van der Waals surface area (Å²) in [6.45, 7) is 8.37. The number of ether oxygens (including phenoxy) is 2. The Morgan fingerprint density at radius 1 is 0.839 bits per heavy atom. The van der Waals surface area contributed by atoms with Gasteiger partial charge < -0.3 is 19.0 Å². The molecule has 0 radical (unpaired) electrons. The van der Waals surface area contributed by atoms with Crippen molar-refractivity contribution in [1.29, 1.82) is 0 Å². The molecule has 31 heavy (non-hydrogen) atoms. The predicted molar refractivity (Wildman–Crippen MR) is 126 cm³/mol. The average Bonchev–Trinajstić information content (AvgIpc) is 3.11. The van der Waals surface area contributed by atoms with E-state index in [-0.39, 0.29) is 23.4 Å². The number of benzene rings is 2. The Bertz CT molecular complexity index is 775. The van der Waals surface area contributed by atoms with Crippen molar-refractivity contribution < 1.29 is 19.0 Å². The molecule has 0 bridgehead atoms. The first kappa shape index (κ1) is 22.7. The zero-order valence-corrected chi connectivity index (χ0v) is 20.0. The molecule has 0 amide bonds. The van der Waals surface area contributed by atoms with Crippen LogP contribution < -0.4 is 10.4 Å². The van der Waals surface area contributed by atoms with E-state index in [0.717, 1.165) is 32.5 Å². The molecule has 0 aromatic heterocycles. The summed E-state index contributed by atoms with van der Waals surface area (Å²) in [6, 6.07) is 21.4. The summed E-state index contributed by atoms with van der Waals surface area (Å²) in [7, 11) is -2.61. The molecule has 0 spiro atoms. The van der Waals surface area contributed by atoms with Crippen LogP contribution in [0.1, 0.15) is 46.5 Å². The maximum Gasteiger partial charge on any atom is 0.261 e. The maximum absolute atomic E-state index is 10.8. The van der Waals surface area contributed by atoms with Gasteiger partial charge in [-0.15, -0.1) is 0 Å². The van der Waals surface area contributed by atoms with Crippen LogP contribution in [0.5, 0.6) is 0 Å². The number of hydrogen-bond acceptors (Lipinski definition) is 4. The summed E-state index contributed by atoms with van der Waals surface area (Å²) < 4.78 is 19.0. The molecule has 0 unspecified atom stereocenters. The van der Waals surface area contributed by atoms with Gasteiger partial charge in [0, 0.05) is 26.1 Å². The monoisotopic (exact) mass is 440 g/mol. The lowest BCUT2D eigenvalue weighted by molar-refractivity contribution is -0.0975. The number of aliphatic hydroxyl groups excluding tert-OH is 1. The van der Waals surface area contributed by atoms with Crippen molar-refractivity contribution in [2.24, 2.45) is 0 Å². The molecular formula is C26H36O4Si. The van der Waals surface area contributed by atoms with Gasteiger partial charge in [0.05, 0.1) is 24.4 Å². The van der Waals surface area contributed by atoms with Gasteiger partial charge >= 0.3 is 0 Å². The molecule has 1 N–H and O–H groups in total. The largest absolute Gasteiger partial charge is 0.404 e. The Balaban J connectivity index is 1.62.